The summed E-state index contributed by atoms with van der Waals surface area (Å²) in [7, 11) is -10.4. The van der Waals surface area contributed by atoms with E-state index in [2.05, 4.69) is 0 Å². The minimum absolute atomic E-state index is 0. The summed E-state index contributed by atoms with van der Waals surface area (Å²) < 4.78 is 19.2. The van der Waals surface area contributed by atoms with Gasteiger partial charge in [-0.2, -0.15) is 0 Å². The molecule has 0 rings (SSSR count). The Morgan fingerprint density at radius 2 is 0.889 bits per heavy atom. The van der Waals surface area contributed by atoms with Crippen LogP contribution < -0.4 is 0 Å². The molecule has 0 amide bonds. The van der Waals surface area contributed by atoms with Crippen molar-refractivity contribution in [2.75, 3.05) is 0 Å². The maximum Gasteiger partial charge on any atom is 0.435 e. The topological polar surface area (TPSA) is 115 Å². The first kappa shape index (κ1) is 12.9. The van der Waals surface area contributed by atoms with Crippen LogP contribution in [0.25, 0.3) is 0 Å². The first-order valence-corrected chi connectivity index (χ1v) is 5.30. The van der Waals surface area contributed by atoms with Crippen LogP contribution in [0.15, 0.2) is 0 Å². The van der Waals surface area contributed by atoms with E-state index < -0.39 is 14.6 Å². The zero-order valence-corrected chi connectivity index (χ0v) is 8.29. The van der Waals surface area contributed by atoms with Gasteiger partial charge in [0.25, 0.3) is 0 Å². The predicted molar refractivity (Wildman–Crippen MR) is 29.8 cm³/mol. The molecule has 0 aromatic carbocycles. The van der Waals surface area contributed by atoms with E-state index in [1.807, 2.05) is 0 Å². The third kappa shape index (κ3) is 4.67. The van der Waals surface area contributed by atoms with Crippen molar-refractivity contribution in [3.63, 3.8) is 0 Å². The molecule has 51 valence electrons. The molecule has 0 aromatic rings. The number of rotatable bonds is 1. The molecule has 0 saturated carbocycles. The number of hydrogen-bond donors (Lipinski definition) is 4. The Labute approximate surface area is 72.8 Å². The normalized spacial score (nSPS) is 12.4. The monoisotopic (exact) mass is 185 g/mol. The van der Waals surface area contributed by atoms with Gasteiger partial charge < -0.3 is 19.6 Å². The summed E-state index contributed by atoms with van der Waals surface area (Å²) in [6.45, 7) is 0. The van der Waals surface area contributed by atoms with E-state index in [1.54, 1.807) is 0 Å². The average Bonchev–Trinajstić information content (AvgIpc) is 1.25. The summed E-state index contributed by atoms with van der Waals surface area (Å²) in [5, 5.41) is 0. The van der Waals surface area contributed by atoms with Crippen LogP contribution in [0.3, 0.4) is 0 Å². The van der Waals surface area contributed by atoms with Crippen molar-refractivity contribution in [3.8, 4) is 0 Å². The van der Waals surface area contributed by atoms with Gasteiger partial charge in [-0.05, 0) is 0 Å². The van der Waals surface area contributed by atoms with Gasteiger partial charge in [0.05, 0.1) is 0 Å². The molecule has 4 N–H and O–H groups in total. The van der Waals surface area contributed by atoms with Gasteiger partial charge in [-0.15, -0.1) is 0 Å². The molecule has 0 bridgehead atoms. The Kier molecular flexibility index (Phi) is 5.20. The molecule has 0 aliphatic heterocycles. The first-order valence-electron chi connectivity index (χ1n) is 1.37. The molecule has 0 aromatic heterocycles. The Bertz CT molecular complexity index is 140. The predicted octanol–water partition coefficient (Wildman–Crippen LogP) is -1.12. The molecule has 9 heteroatoms. The molecule has 0 unspecified atom stereocenters. The molecule has 0 saturated heterocycles. The Morgan fingerprint density at radius 1 is 0.778 bits per heavy atom. The van der Waals surface area contributed by atoms with Gasteiger partial charge in [0.2, 0.25) is 0 Å². The van der Waals surface area contributed by atoms with E-state index >= 15 is 0 Å². The van der Waals surface area contributed by atoms with Crippen molar-refractivity contribution in [3.05, 3.63) is 0 Å². The molecular weight excluding hydrogens is 181 g/mol. The molecule has 0 heterocycles. The number of hydrogen-bond acceptors (Lipinski definition) is 2. The summed E-state index contributed by atoms with van der Waals surface area (Å²) in [6, 6.07) is 0. The van der Waals surface area contributed by atoms with Crippen molar-refractivity contribution >= 4 is 44.1 Å². The fourth-order valence-electron chi connectivity index (χ4n) is 0. The Hall–Kier alpha value is 1.30. The van der Waals surface area contributed by atoms with Crippen LogP contribution in [0.2, 0.25) is 0 Å². The van der Waals surface area contributed by atoms with Gasteiger partial charge >= 0.3 is 14.6 Å². The molecule has 0 aliphatic carbocycles. The molecule has 1 radical (unpaired) electrons. The van der Waals surface area contributed by atoms with Gasteiger partial charge in [0.1, 0.15) is 0 Å². The van der Waals surface area contributed by atoms with Gasteiger partial charge in [-0.25, -0.2) is 9.13 Å². The van der Waals surface area contributed by atoms with Crippen molar-refractivity contribution in [1.82, 2.24) is 0 Å². The molecule has 9 heavy (non-hydrogen) atoms. The van der Waals surface area contributed by atoms with Crippen LogP contribution in [-0.2, 0) is 9.13 Å². The van der Waals surface area contributed by atoms with Crippen LogP contribution in [-0.4, -0.2) is 49.1 Å². The summed E-state index contributed by atoms with van der Waals surface area (Å²) in [5.74, 6) is 0. The second-order valence-electron chi connectivity index (χ2n) is 1.03. The summed E-state index contributed by atoms with van der Waals surface area (Å²) in [6.07, 6.45) is 0. The fourth-order valence-corrected chi connectivity index (χ4v) is 0. The quantitative estimate of drug-likeness (QED) is 0.303. The molecule has 6 nitrogen and oxygen atoms in total. The van der Waals surface area contributed by atoms with E-state index in [4.69, 9.17) is 19.6 Å². The van der Waals surface area contributed by atoms with Crippen molar-refractivity contribution in [2.24, 2.45) is 0 Å². The minimum atomic E-state index is -5.18. The van der Waals surface area contributed by atoms with Crippen LogP contribution >= 0.6 is 14.6 Å². The first-order chi connectivity index (χ1) is 3.25. The van der Waals surface area contributed by atoms with E-state index in [0.29, 0.717) is 0 Å². The second-order valence-corrected chi connectivity index (χ2v) is 6.21. The molecule has 0 atom stereocenters. The Morgan fingerprint density at radius 3 is 0.889 bits per heavy atom. The molecule has 0 fully saturated rings. The van der Waals surface area contributed by atoms with E-state index in [0.717, 1.165) is 0 Å². The second kappa shape index (κ2) is 3.62. The van der Waals surface area contributed by atoms with Crippen LogP contribution in [0.1, 0.15) is 0 Å². The largest absolute Gasteiger partial charge is 0.435 e. The van der Waals surface area contributed by atoms with Gasteiger partial charge in [0.15, 0.2) is 0 Å². The maximum atomic E-state index is 9.58. The molecule has 0 spiro atoms. The van der Waals surface area contributed by atoms with E-state index in [-0.39, 0.29) is 29.6 Å². The van der Waals surface area contributed by atoms with Crippen molar-refractivity contribution < 1.29 is 28.7 Å². The fraction of sp³-hybridized carbons (Fsp3) is 0. The van der Waals surface area contributed by atoms with Gasteiger partial charge in [-0.1, -0.05) is 0 Å². The summed E-state index contributed by atoms with van der Waals surface area (Å²) in [5.41, 5.74) is 0. The van der Waals surface area contributed by atoms with Crippen LogP contribution in [0.4, 0.5) is 0 Å². The molecular formula is H4NaO6P2. The third-order valence-electron chi connectivity index (χ3n) is 0.339. The maximum absolute atomic E-state index is 9.58. The smallest absolute Gasteiger partial charge is 0.316 e. The summed E-state index contributed by atoms with van der Waals surface area (Å²) >= 11 is 0. The minimum Gasteiger partial charge on any atom is -0.316 e. The SMILES string of the molecule is O=P(O)(O)P(=O)(O)O.[Na]. The van der Waals surface area contributed by atoms with Crippen LogP contribution in [0.5, 0.6) is 0 Å². The van der Waals surface area contributed by atoms with E-state index in [1.165, 1.54) is 0 Å². The van der Waals surface area contributed by atoms with E-state index in [9.17, 15) is 9.13 Å². The zero-order valence-electron chi connectivity index (χ0n) is 4.50. The van der Waals surface area contributed by atoms with Gasteiger partial charge in [-0.3, -0.25) is 0 Å². The zero-order chi connectivity index (χ0) is 7.00. The van der Waals surface area contributed by atoms with Crippen LogP contribution in [0, 0.1) is 0 Å². The third-order valence-corrected chi connectivity index (χ3v) is 3.05. The molecule has 0 aliphatic rings. The average molecular weight is 185 g/mol. The Balaban J connectivity index is 0. The summed E-state index contributed by atoms with van der Waals surface area (Å²) in [4.78, 5) is 30.8. The van der Waals surface area contributed by atoms with Crippen molar-refractivity contribution in [1.29, 1.82) is 0 Å². The van der Waals surface area contributed by atoms with Gasteiger partial charge in [0, 0.05) is 29.6 Å². The standard InChI is InChI=1S/Na.H4O6P2/c;1-7(2,3)8(4,5)6/h;(H2,1,2,3)(H2,4,5,6). The van der Waals surface area contributed by atoms with Crippen molar-refractivity contribution in [2.45, 2.75) is 0 Å².